The Balaban J connectivity index is 1.79. The molecule has 1 amide bonds. The topological polar surface area (TPSA) is 66.5 Å². The van der Waals surface area contributed by atoms with Gasteiger partial charge in [0.2, 0.25) is 10.0 Å². The Morgan fingerprint density at radius 3 is 2.23 bits per heavy atom. The van der Waals surface area contributed by atoms with Crippen LogP contribution in [0.15, 0.2) is 47.4 Å². The monoisotopic (exact) mass is 448 g/mol. The van der Waals surface area contributed by atoms with Crippen molar-refractivity contribution in [2.45, 2.75) is 56.9 Å². The van der Waals surface area contributed by atoms with Crippen LogP contribution in [0, 0.1) is 0 Å². The zero-order chi connectivity index (χ0) is 22.1. The predicted octanol–water partition coefficient (Wildman–Crippen LogP) is 4.91. The Morgan fingerprint density at radius 1 is 1.07 bits per heavy atom. The average Bonchev–Trinajstić information content (AvgIpc) is 3.23. The van der Waals surface area contributed by atoms with Gasteiger partial charge in [0.1, 0.15) is 0 Å². The highest BCUT2D eigenvalue weighted by atomic mass is 35.5. The fourth-order valence-electron chi connectivity index (χ4n) is 3.55. The maximum Gasteiger partial charge on any atom is 0.253 e. The number of amides is 1. The van der Waals surface area contributed by atoms with E-state index >= 15 is 0 Å². The van der Waals surface area contributed by atoms with Gasteiger partial charge in [0.25, 0.3) is 5.91 Å². The molecule has 0 bridgehead atoms. The summed E-state index contributed by atoms with van der Waals surface area (Å²) in [5.41, 5.74) is 2.40. The van der Waals surface area contributed by atoms with Crippen LogP contribution in [0.3, 0.4) is 0 Å². The van der Waals surface area contributed by atoms with Crippen molar-refractivity contribution in [3.8, 4) is 0 Å². The zero-order valence-corrected chi connectivity index (χ0v) is 19.5. The number of rotatable bonds is 5. The summed E-state index contributed by atoms with van der Waals surface area (Å²) >= 11 is 6.23. The molecule has 7 heteroatoms. The van der Waals surface area contributed by atoms with Gasteiger partial charge in [-0.1, -0.05) is 56.6 Å². The van der Waals surface area contributed by atoms with E-state index in [-0.39, 0.29) is 26.9 Å². The fraction of sp³-hybridized carbons (Fsp3) is 0.435. The standard InChI is InChI=1S/C23H29ClN2O3S/c1-16(17-7-9-18(10-8-17)23(2,3)4)25-22(27)20-15-19(11-12-21(20)24)30(28,29)26-13-5-6-14-26/h7-12,15-16H,5-6,13-14H2,1-4H3,(H,25,27)/t16-/m0/s1. The predicted molar refractivity (Wildman–Crippen MR) is 120 cm³/mol. The highest BCUT2D eigenvalue weighted by molar-refractivity contribution is 7.89. The summed E-state index contributed by atoms with van der Waals surface area (Å²) in [6, 6.07) is 12.2. The second-order valence-electron chi connectivity index (χ2n) is 8.82. The van der Waals surface area contributed by atoms with Gasteiger partial charge in [-0.05, 0) is 54.5 Å². The van der Waals surface area contributed by atoms with Crippen molar-refractivity contribution in [1.29, 1.82) is 0 Å². The van der Waals surface area contributed by atoms with E-state index in [2.05, 4.69) is 38.2 Å². The molecule has 2 aromatic rings. The molecule has 5 nitrogen and oxygen atoms in total. The molecule has 0 unspecified atom stereocenters. The number of benzene rings is 2. The van der Waals surface area contributed by atoms with Gasteiger partial charge in [0, 0.05) is 13.1 Å². The van der Waals surface area contributed by atoms with Crippen LogP contribution in [-0.2, 0) is 15.4 Å². The van der Waals surface area contributed by atoms with E-state index in [9.17, 15) is 13.2 Å². The second kappa shape index (κ2) is 8.69. The van der Waals surface area contributed by atoms with Gasteiger partial charge in [-0.3, -0.25) is 4.79 Å². The number of hydrogen-bond donors (Lipinski definition) is 1. The number of nitrogens with zero attached hydrogens (tertiary/aromatic N) is 1. The van der Waals surface area contributed by atoms with Crippen molar-refractivity contribution in [2.75, 3.05) is 13.1 Å². The molecule has 3 rings (SSSR count). The lowest BCUT2D eigenvalue weighted by Crippen LogP contribution is -2.29. The van der Waals surface area contributed by atoms with Gasteiger partial charge in [-0.25, -0.2) is 8.42 Å². The normalized spacial score (nSPS) is 16.4. The minimum absolute atomic E-state index is 0.0554. The minimum atomic E-state index is -3.62. The lowest BCUT2D eigenvalue weighted by atomic mass is 9.86. The first-order valence-electron chi connectivity index (χ1n) is 10.2. The highest BCUT2D eigenvalue weighted by Gasteiger charge is 2.28. The number of carbonyl (C=O) groups excluding carboxylic acids is 1. The van der Waals surface area contributed by atoms with Gasteiger partial charge in [0.15, 0.2) is 0 Å². The summed E-state index contributed by atoms with van der Waals surface area (Å²) in [5, 5.41) is 3.15. The maximum absolute atomic E-state index is 12.9. The largest absolute Gasteiger partial charge is 0.345 e. The first-order valence-corrected chi connectivity index (χ1v) is 12.0. The zero-order valence-electron chi connectivity index (χ0n) is 17.9. The second-order valence-corrected chi connectivity index (χ2v) is 11.2. The van der Waals surface area contributed by atoms with E-state index in [4.69, 9.17) is 11.6 Å². The Bertz CT molecular complexity index is 1020. The number of sulfonamides is 1. The van der Waals surface area contributed by atoms with E-state index in [1.807, 2.05) is 19.1 Å². The smallest absolute Gasteiger partial charge is 0.253 e. The molecule has 0 spiro atoms. The SMILES string of the molecule is C[C@H](NC(=O)c1cc(S(=O)(=O)N2CCCC2)ccc1Cl)c1ccc(C(C)(C)C)cc1. The molecular weight excluding hydrogens is 420 g/mol. The number of hydrogen-bond acceptors (Lipinski definition) is 3. The van der Waals surface area contributed by atoms with Gasteiger partial charge in [-0.15, -0.1) is 0 Å². The molecule has 2 aromatic carbocycles. The fourth-order valence-corrected chi connectivity index (χ4v) is 5.29. The molecular formula is C23H29ClN2O3S. The molecule has 1 saturated heterocycles. The first kappa shape index (κ1) is 22.8. The number of nitrogens with one attached hydrogen (secondary N) is 1. The summed E-state index contributed by atoms with van der Waals surface area (Å²) in [6.07, 6.45) is 1.71. The number of halogens is 1. The van der Waals surface area contributed by atoms with Crippen LogP contribution in [0.2, 0.25) is 5.02 Å². The molecule has 1 fully saturated rings. The Kier molecular flexibility index (Phi) is 6.60. The summed E-state index contributed by atoms with van der Waals surface area (Å²) in [6.45, 7) is 9.36. The van der Waals surface area contributed by atoms with Crippen molar-refractivity contribution in [2.24, 2.45) is 0 Å². The Labute approximate surface area is 184 Å². The van der Waals surface area contributed by atoms with E-state index < -0.39 is 15.9 Å². The summed E-state index contributed by atoms with van der Waals surface area (Å²) in [5.74, 6) is -0.397. The molecule has 0 aliphatic carbocycles. The molecule has 1 atom stereocenters. The quantitative estimate of drug-likeness (QED) is 0.706. The third-order valence-electron chi connectivity index (χ3n) is 5.51. The minimum Gasteiger partial charge on any atom is -0.345 e. The molecule has 1 aliphatic heterocycles. The summed E-state index contributed by atoms with van der Waals surface area (Å²) in [7, 11) is -3.62. The van der Waals surface area contributed by atoms with Crippen LogP contribution in [0.25, 0.3) is 0 Å². The molecule has 1 aliphatic rings. The van der Waals surface area contributed by atoms with Crippen molar-refractivity contribution >= 4 is 27.5 Å². The lowest BCUT2D eigenvalue weighted by Gasteiger charge is -2.21. The van der Waals surface area contributed by atoms with E-state index in [0.29, 0.717) is 13.1 Å². The van der Waals surface area contributed by atoms with Crippen LogP contribution < -0.4 is 5.32 Å². The van der Waals surface area contributed by atoms with E-state index in [1.54, 1.807) is 0 Å². The Hall–Kier alpha value is -1.89. The molecule has 30 heavy (non-hydrogen) atoms. The van der Waals surface area contributed by atoms with Gasteiger partial charge in [0.05, 0.1) is 21.5 Å². The van der Waals surface area contributed by atoms with Crippen LogP contribution in [0.4, 0.5) is 0 Å². The third kappa shape index (κ3) is 4.88. The first-order chi connectivity index (χ1) is 14.0. The van der Waals surface area contributed by atoms with Crippen LogP contribution in [0.1, 0.15) is 68.1 Å². The van der Waals surface area contributed by atoms with Gasteiger partial charge >= 0.3 is 0 Å². The summed E-state index contributed by atoms with van der Waals surface area (Å²) < 4.78 is 27.1. The summed E-state index contributed by atoms with van der Waals surface area (Å²) in [4.78, 5) is 13.0. The molecule has 162 valence electrons. The average molecular weight is 449 g/mol. The molecule has 1 heterocycles. The third-order valence-corrected chi connectivity index (χ3v) is 7.73. The van der Waals surface area contributed by atoms with Crippen LogP contribution >= 0.6 is 11.6 Å². The molecule has 1 N–H and O–H groups in total. The maximum atomic E-state index is 12.9. The highest BCUT2D eigenvalue weighted by Crippen LogP contribution is 2.27. The lowest BCUT2D eigenvalue weighted by molar-refractivity contribution is 0.0940. The molecule has 0 aromatic heterocycles. The van der Waals surface area contributed by atoms with Gasteiger partial charge < -0.3 is 5.32 Å². The molecule has 0 saturated carbocycles. The van der Waals surface area contributed by atoms with Crippen LogP contribution in [-0.4, -0.2) is 31.7 Å². The van der Waals surface area contributed by atoms with Crippen LogP contribution in [0.5, 0.6) is 0 Å². The van der Waals surface area contributed by atoms with Crippen molar-refractivity contribution in [3.05, 3.63) is 64.2 Å². The van der Waals surface area contributed by atoms with E-state index in [0.717, 1.165) is 18.4 Å². The van der Waals surface area contributed by atoms with Gasteiger partial charge in [-0.2, -0.15) is 4.31 Å². The van der Waals surface area contributed by atoms with E-state index in [1.165, 1.54) is 28.1 Å². The van der Waals surface area contributed by atoms with Crippen molar-refractivity contribution < 1.29 is 13.2 Å². The molecule has 0 radical (unpaired) electrons. The van der Waals surface area contributed by atoms with Crippen molar-refractivity contribution in [1.82, 2.24) is 9.62 Å². The number of carbonyl (C=O) groups is 1. The van der Waals surface area contributed by atoms with Crippen molar-refractivity contribution in [3.63, 3.8) is 0 Å². The Morgan fingerprint density at radius 2 is 1.67 bits per heavy atom.